The molecule has 0 saturated carbocycles. The first-order valence-corrected chi connectivity index (χ1v) is 11.0. The van der Waals surface area contributed by atoms with Crippen molar-refractivity contribution in [3.63, 3.8) is 0 Å². The molecule has 0 radical (unpaired) electrons. The molecule has 0 spiro atoms. The van der Waals surface area contributed by atoms with Gasteiger partial charge in [0.2, 0.25) is 20.0 Å². The molecule has 0 aliphatic carbocycles. The smallest absolute Gasteiger partial charge is 0.212 e. The van der Waals surface area contributed by atoms with E-state index < -0.39 is 20.0 Å². The Labute approximate surface area is 139 Å². The summed E-state index contributed by atoms with van der Waals surface area (Å²) >= 11 is 0. The van der Waals surface area contributed by atoms with Crippen molar-refractivity contribution in [1.82, 2.24) is 8.61 Å². The van der Waals surface area contributed by atoms with Crippen LogP contribution in [-0.2, 0) is 20.0 Å². The maximum Gasteiger partial charge on any atom is 0.243 e. The maximum absolute atomic E-state index is 12.6. The first kappa shape index (κ1) is 18.4. The quantitative estimate of drug-likeness (QED) is 0.771. The van der Waals surface area contributed by atoms with Gasteiger partial charge in [-0.15, -0.1) is 0 Å². The number of unbranched alkanes of at least 4 members (excludes halogenated alkanes) is 1. The summed E-state index contributed by atoms with van der Waals surface area (Å²) in [4.78, 5) is 0.252. The van der Waals surface area contributed by atoms with Gasteiger partial charge in [-0.25, -0.2) is 21.1 Å². The fraction of sp³-hybridized carbons (Fsp3) is 0.600. The molecule has 1 saturated heterocycles. The Morgan fingerprint density at radius 1 is 0.913 bits per heavy atom. The van der Waals surface area contributed by atoms with Crippen molar-refractivity contribution in [3.8, 4) is 0 Å². The molecule has 1 aromatic rings. The second-order valence-electron chi connectivity index (χ2n) is 5.64. The molecule has 6 nitrogen and oxygen atoms in total. The van der Waals surface area contributed by atoms with E-state index in [1.165, 1.54) is 8.61 Å². The molecule has 0 bridgehead atoms. The first-order chi connectivity index (χ1) is 10.9. The Kier molecular flexibility index (Phi) is 6.19. The number of benzene rings is 1. The van der Waals surface area contributed by atoms with Crippen molar-refractivity contribution in [2.45, 2.75) is 31.1 Å². The second-order valence-corrected chi connectivity index (χ2v) is 9.67. The zero-order chi connectivity index (χ0) is 16.9. The number of hydrogen-bond donors (Lipinski definition) is 0. The summed E-state index contributed by atoms with van der Waals surface area (Å²) in [5, 5.41) is 0. The van der Waals surface area contributed by atoms with Gasteiger partial charge in [-0.05, 0) is 25.0 Å². The Hall–Kier alpha value is -0.960. The monoisotopic (exact) mass is 360 g/mol. The topological polar surface area (TPSA) is 74.8 Å². The molecule has 130 valence electrons. The molecule has 2 rings (SSSR count). The largest absolute Gasteiger partial charge is 0.243 e. The summed E-state index contributed by atoms with van der Waals surface area (Å²) in [5.74, 6) is 0.134. The fourth-order valence-electron chi connectivity index (χ4n) is 2.59. The SMILES string of the molecule is CCCCS(=O)(=O)N1CCCN(S(=O)(=O)c2ccccc2)CC1. The van der Waals surface area contributed by atoms with Gasteiger partial charge in [-0.2, -0.15) is 4.31 Å². The van der Waals surface area contributed by atoms with Crippen molar-refractivity contribution in [2.75, 3.05) is 31.9 Å². The van der Waals surface area contributed by atoms with E-state index in [2.05, 4.69) is 0 Å². The minimum atomic E-state index is -3.56. The lowest BCUT2D eigenvalue weighted by atomic mass is 10.4. The van der Waals surface area contributed by atoms with E-state index >= 15 is 0 Å². The van der Waals surface area contributed by atoms with Gasteiger partial charge in [0.05, 0.1) is 10.6 Å². The van der Waals surface area contributed by atoms with Crippen LogP contribution in [0.15, 0.2) is 35.2 Å². The van der Waals surface area contributed by atoms with Gasteiger partial charge in [0.15, 0.2) is 0 Å². The summed E-state index contributed by atoms with van der Waals surface area (Å²) in [6.45, 7) is 3.09. The lowest BCUT2D eigenvalue weighted by Crippen LogP contribution is -2.38. The van der Waals surface area contributed by atoms with E-state index in [0.717, 1.165) is 6.42 Å². The third kappa shape index (κ3) is 4.53. The standard InChI is InChI=1S/C15H24N2O4S2/c1-2-3-14-22(18,19)16-10-7-11-17(13-12-16)23(20,21)15-8-5-4-6-9-15/h4-6,8-9H,2-3,7,10-14H2,1H3. The normalized spacial score (nSPS) is 18.7. The molecule has 0 amide bonds. The molecule has 0 unspecified atom stereocenters. The van der Waals surface area contributed by atoms with Gasteiger partial charge < -0.3 is 0 Å². The molecular formula is C15H24N2O4S2. The lowest BCUT2D eigenvalue weighted by molar-refractivity contribution is 0.404. The summed E-state index contributed by atoms with van der Waals surface area (Å²) < 4.78 is 52.6. The van der Waals surface area contributed by atoms with E-state index in [4.69, 9.17) is 0 Å². The minimum Gasteiger partial charge on any atom is -0.212 e. The van der Waals surface area contributed by atoms with Crippen LogP contribution in [0, 0.1) is 0 Å². The Morgan fingerprint density at radius 2 is 1.52 bits per heavy atom. The number of sulfonamides is 2. The van der Waals surface area contributed by atoms with E-state index in [1.807, 2.05) is 6.92 Å². The van der Waals surface area contributed by atoms with Gasteiger partial charge in [0.25, 0.3) is 0 Å². The minimum absolute atomic E-state index is 0.134. The molecule has 1 aliphatic heterocycles. The van der Waals surface area contributed by atoms with Crippen LogP contribution in [0.3, 0.4) is 0 Å². The third-order valence-electron chi connectivity index (χ3n) is 3.94. The Morgan fingerprint density at radius 3 is 2.17 bits per heavy atom. The molecule has 8 heteroatoms. The molecular weight excluding hydrogens is 336 g/mol. The van der Waals surface area contributed by atoms with E-state index in [1.54, 1.807) is 30.3 Å². The van der Waals surface area contributed by atoms with Crippen LogP contribution in [-0.4, -0.2) is 57.4 Å². The van der Waals surface area contributed by atoms with Crippen LogP contribution in [0.25, 0.3) is 0 Å². The van der Waals surface area contributed by atoms with Crippen LogP contribution < -0.4 is 0 Å². The van der Waals surface area contributed by atoms with E-state index in [-0.39, 0.29) is 23.7 Å². The summed E-state index contributed by atoms with van der Waals surface area (Å²) in [6, 6.07) is 8.27. The highest BCUT2D eigenvalue weighted by atomic mass is 32.2. The van der Waals surface area contributed by atoms with Crippen LogP contribution >= 0.6 is 0 Å². The molecule has 1 heterocycles. The zero-order valence-electron chi connectivity index (χ0n) is 13.4. The highest BCUT2D eigenvalue weighted by Crippen LogP contribution is 2.18. The van der Waals surface area contributed by atoms with Gasteiger partial charge in [0, 0.05) is 26.2 Å². The van der Waals surface area contributed by atoms with Crippen LogP contribution in [0.4, 0.5) is 0 Å². The number of hydrogen-bond acceptors (Lipinski definition) is 4. The maximum atomic E-state index is 12.6. The average Bonchev–Trinajstić information content (AvgIpc) is 2.81. The van der Waals surface area contributed by atoms with Crippen molar-refractivity contribution in [2.24, 2.45) is 0 Å². The number of nitrogens with zero attached hydrogens (tertiary/aromatic N) is 2. The molecule has 1 aliphatic rings. The van der Waals surface area contributed by atoms with Crippen LogP contribution in [0.1, 0.15) is 26.2 Å². The van der Waals surface area contributed by atoms with Gasteiger partial charge in [-0.3, -0.25) is 0 Å². The van der Waals surface area contributed by atoms with Gasteiger partial charge >= 0.3 is 0 Å². The van der Waals surface area contributed by atoms with Crippen LogP contribution in [0.5, 0.6) is 0 Å². The van der Waals surface area contributed by atoms with Crippen LogP contribution in [0.2, 0.25) is 0 Å². The molecule has 1 fully saturated rings. The van der Waals surface area contributed by atoms with E-state index in [0.29, 0.717) is 25.9 Å². The predicted octanol–water partition coefficient (Wildman–Crippen LogP) is 1.51. The Balaban J connectivity index is 2.10. The molecule has 0 aromatic heterocycles. The number of rotatable bonds is 6. The lowest BCUT2D eigenvalue weighted by Gasteiger charge is -2.21. The second kappa shape index (κ2) is 7.74. The molecule has 1 aromatic carbocycles. The zero-order valence-corrected chi connectivity index (χ0v) is 15.0. The fourth-order valence-corrected chi connectivity index (χ4v) is 5.76. The van der Waals surface area contributed by atoms with Crippen molar-refractivity contribution in [3.05, 3.63) is 30.3 Å². The summed E-state index contributed by atoms with van der Waals surface area (Å²) in [5.41, 5.74) is 0. The average molecular weight is 361 g/mol. The first-order valence-electron chi connectivity index (χ1n) is 7.91. The van der Waals surface area contributed by atoms with Crippen molar-refractivity contribution >= 4 is 20.0 Å². The Bertz CT molecular complexity index is 702. The van der Waals surface area contributed by atoms with Gasteiger partial charge in [0.1, 0.15) is 0 Å². The van der Waals surface area contributed by atoms with Gasteiger partial charge in [-0.1, -0.05) is 31.5 Å². The highest BCUT2D eigenvalue weighted by Gasteiger charge is 2.30. The molecule has 23 heavy (non-hydrogen) atoms. The molecule has 0 atom stereocenters. The summed E-state index contributed by atoms with van der Waals surface area (Å²) in [6.07, 6.45) is 1.96. The molecule has 0 N–H and O–H groups in total. The van der Waals surface area contributed by atoms with Crippen molar-refractivity contribution in [1.29, 1.82) is 0 Å². The van der Waals surface area contributed by atoms with E-state index in [9.17, 15) is 16.8 Å². The highest BCUT2D eigenvalue weighted by molar-refractivity contribution is 7.89. The summed E-state index contributed by atoms with van der Waals surface area (Å²) in [7, 11) is -6.85. The van der Waals surface area contributed by atoms with Crippen molar-refractivity contribution < 1.29 is 16.8 Å². The third-order valence-corrected chi connectivity index (χ3v) is 7.81. The predicted molar refractivity (Wildman–Crippen MR) is 90.1 cm³/mol.